The van der Waals surface area contributed by atoms with Crippen molar-refractivity contribution in [2.45, 2.75) is 50.7 Å². The van der Waals surface area contributed by atoms with Gasteiger partial charge in [0.1, 0.15) is 0 Å². The van der Waals surface area contributed by atoms with Gasteiger partial charge in [-0.1, -0.05) is 43.0 Å². The second-order valence-corrected chi connectivity index (χ2v) is 5.61. The summed E-state index contributed by atoms with van der Waals surface area (Å²) in [7, 11) is 0. The molecule has 1 aromatic rings. The van der Waals surface area contributed by atoms with Gasteiger partial charge in [-0.25, -0.2) is 0 Å². The van der Waals surface area contributed by atoms with E-state index < -0.39 is 6.10 Å². The van der Waals surface area contributed by atoms with E-state index in [-0.39, 0.29) is 12.3 Å². The first kappa shape index (κ1) is 14.4. The summed E-state index contributed by atoms with van der Waals surface area (Å²) < 4.78 is 0. The minimum Gasteiger partial charge on any atom is -0.388 e. The Morgan fingerprint density at radius 3 is 2.53 bits per heavy atom. The minimum atomic E-state index is -0.763. The largest absolute Gasteiger partial charge is 0.388 e. The third kappa shape index (κ3) is 4.51. The third-order valence-corrected chi connectivity index (χ3v) is 3.86. The molecular formula is C15H20ClNO2. The fraction of sp³-hybridized carbons (Fsp3) is 0.533. The van der Waals surface area contributed by atoms with Crippen LogP contribution in [0.5, 0.6) is 0 Å². The quantitative estimate of drug-likeness (QED) is 0.890. The van der Waals surface area contributed by atoms with E-state index in [0.29, 0.717) is 11.1 Å². The standard InChI is InChI=1S/C15H20ClNO2/c16-12-8-6-11(7-9-12)14(18)10-15(19)17-13-4-2-1-3-5-13/h6-9,13-14,18H,1-5,10H2,(H,17,19). The lowest BCUT2D eigenvalue weighted by Crippen LogP contribution is -2.36. The maximum Gasteiger partial charge on any atom is 0.223 e. The first-order valence-corrected chi connectivity index (χ1v) is 7.26. The summed E-state index contributed by atoms with van der Waals surface area (Å²) in [5.74, 6) is -0.0747. The molecule has 1 atom stereocenters. The summed E-state index contributed by atoms with van der Waals surface area (Å²) in [6.45, 7) is 0. The number of carbonyl (C=O) groups excluding carboxylic acids is 1. The van der Waals surface area contributed by atoms with E-state index in [9.17, 15) is 9.90 Å². The molecule has 3 nitrogen and oxygen atoms in total. The normalized spacial score (nSPS) is 18.0. The molecule has 4 heteroatoms. The molecular weight excluding hydrogens is 262 g/mol. The molecule has 1 aromatic carbocycles. The summed E-state index contributed by atoms with van der Waals surface area (Å²) in [6.07, 6.45) is 5.10. The van der Waals surface area contributed by atoms with Crippen molar-refractivity contribution in [3.63, 3.8) is 0 Å². The van der Waals surface area contributed by atoms with Crippen LogP contribution in [-0.4, -0.2) is 17.1 Å². The van der Waals surface area contributed by atoms with Crippen LogP contribution < -0.4 is 5.32 Å². The van der Waals surface area contributed by atoms with Gasteiger partial charge in [-0.05, 0) is 30.5 Å². The first-order chi connectivity index (χ1) is 9.15. The van der Waals surface area contributed by atoms with Crippen LogP contribution in [0.4, 0.5) is 0 Å². The molecule has 19 heavy (non-hydrogen) atoms. The number of benzene rings is 1. The molecule has 104 valence electrons. The third-order valence-electron chi connectivity index (χ3n) is 3.60. The van der Waals surface area contributed by atoms with Crippen LogP contribution in [-0.2, 0) is 4.79 Å². The highest BCUT2D eigenvalue weighted by Crippen LogP contribution is 2.21. The van der Waals surface area contributed by atoms with Crippen LogP contribution in [0.2, 0.25) is 5.02 Å². The van der Waals surface area contributed by atoms with Gasteiger partial charge >= 0.3 is 0 Å². The topological polar surface area (TPSA) is 49.3 Å². The number of aliphatic hydroxyl groups is 1. The van der Waals surface area contributed by atoms with E-state index >= 15 is 0 Å². The highest BCUT2D eigenvalue weighted by molar-refractivity contribution is 6.30. The lowest BCUT2D eigenvalue weighted by Gasteiger charge is -2.23. The Balaban J connectivity index is 1.82. The van der Waals surface area contributed by atoms with Crippen molar-refractivity contribution in [3.8, 4) is 0 Å². The molecule has 2 rings (SSSR count). The highest BCUT2D eigenvalue weighted by atomic mass is 35.5. The van der Waals surface area contributed by atoms with Crippen LogP contribution in [0.15, 0.2) is 24.3 Å². The van der Waals surface area contributed by atoms with Gasteiger partial charge in [0.15, 0.2) is 0 Å². The van der Waals surface area contributed by atoms with Gasteiger partial charge in [-0.3, -0.25) is 4.79 Å². The van der Waals surface area contributed by atoms with Crippen LogP contribution in [0.3, 0.4) is 0 Å². The zero-order valence-electron chi connectivity index (χ0n) is 10.9. The molecule has 0 aliphatic heterocycles. The number of halogens is 1. The van der Waals surface area contributed by atoms with Gasteiger partial charge in [-0.15, -0.1) is 0 Å². The van der Waals surface area contributed by atoms with E-state index in [4.69, 9.17) is 11.6 Å². The smallest absolute Gasteiger partial charge is 0.223 e. The first-order valence-electron chi connectivity index (χ1n) is 6.88. The molecule has 0 heterocycles. The van der Waals surface area contributed by atoms with Crippen molar-refractivity contribution in [1.82, 2.24) is 5.32 Å². The second-order valence-electron chi connectivity index (χ2n) is 5.17. The predicted octanol–water partition coefficient (Wildman–Crippen LogP) is 3.21. The van der Waals surface area contributed by atoms with E-state index in [0.717, 1.165) is 18.4 Å². The maximum atomic E-state index is 11.9. The lowest BCUT2D eigenvalue weighted by molar-refractivity contribution is -0.124. The molecule has 1 aliphatic rings. The summed E-state index contributed by atoms with van der Waals surface area (Å²) >= 11 is 5.79. The Hall–Kier alpha value is -1.06. The Labute approximate surface area is 119 Å². The van der Waals surface area contributed by atoms with Gasteiger partial charge in [0.2, 0.25) is 5.91 Å². The van der Waals surface area contributed by atoms with Crippen molar-refractivity contribution in [3.05, 3.63) is 34.9 Å². The van der Waals surface area contributed by atoms with Crippen molar-refractivity contribution >= 4 is 17.5 Å². The van der Waals surface area contributed by atoms with Crippen LogP contribution >= 0.6 is 11.6 Å². The Morgan fingerprint density at radius 1 is 1.26 bits per heavy atom. The summed E-state index contributed by atoms with van der Waals surface area (Å²) in [6, 6.07) is 7.23. The molecule has 0 saturated heterocycles. The monoisotopic (exact) mass is 281 g/mol. The lowest BCUT2D eigenvalue weighted by atomic mass is 9.95. The summed E-state index contributed by atoms with van der Waals surface area (Å²) in [4.78, 5) is 11.9. The SMILES string of the molecule is O=C(CC(O)c1ccc(Cl)cc1)NC1CCCCC1. The number of rotatable bonds is 4. The number of amides is 1. The molecule has 0 bridgehead atoms. The zero-order valence-corrected chi connectivity index (χ0v) is 11.7. The van der Waals surface area contributed by atoms with E-state index in [1.807, 2.05) is 0 Å². The van der Waals surface area contributed by atoms with E-state index in [2.05, 4.69) is 5.32 Å². The van der Waals surface area contributed by atoms with Crippen LogP contribution in [0.1, 0.15) is 50.2 Å². The molecule has 1 fully saturated rings. The number of hydrogen-bond donors (Lipinski definition) is 2. The highest BCUT2D eigenvalue weighted by Gasteiger charge is 2.18. The number of carbonyl (C=O) groups is 1. The van der Waals surface area contributed by atoms with Crippen molar-refractivity contribution in [1.29, 1.82) is 0 Å². The van der Waals surface area contributed by atoms with E-state index in [1.165, 1.54) is 19.3 Å². The zero-order chi connectivity index (χ0) is 13.7. The Morgan fingerprint density at radius 2 is 1.89 bits per heavy atom. The average Bonchev–Trinajstić information content (AvgIpc) is 2.40. The molecule has 1 saturated carbocycles. The molecule has 1 aliphatic carbocycles. The van der Waals surface area contributed by atoms with Gasteiger partial charge in [0.05, 0.1) is 12.5 Å². The second kappa shape index (κ2) is 6.92. The van der Waals surface area contributed by atoms with Gasteiger partial charge in [0.25, 0.3) is 0 Å². The van der Waals surface area contributed by atoms with Crippen LogP contribution in [0, 0.1) is 0 Å². The summed E-state index contributed by atoms with van der Waals surface area (Å²) in [5, 5.41) is 13.6. The predicted molar refractivity (Wildman–Crippen MR) is 76.0 cm³/mol. The van der Waals surface area contributed by atoms with Crippen molar-refractivity contribution in [2.75, 3.05) is 0 Å². The maximum absolute atomic E-state index is 11.9. The number of aliphatic hydroxyl groups excluding tert-OH is 1. The minimum absolute atomic E-state index is 0.0747. The fourth-order valence-electron chi connectivity index (χ4n) is 2.51. The molecule has 0 spiro atoms. The van der Waals surface area contributed by atoms with Crippen molar-refractivity contribution < 1.29 is 9.90 Å². The average molecular weight is 282 g/mol. The molecule has 1 amide bonds. The molecule has 0 aromatic heterocycles. The van der Waals surface area contributed by atoms with E-state index in [1.54, 1.807) is 24.3 Å². The molecule has 0 radical (unpaired) electrons. The van der Waals surface area contributed by atoms with Gasteiger partial charge in [0, 0.05) is 11.1 Å². The molecule has 1 unspecified atom stereocenters. The Kier molecular flexibility index (Phi) is 5.23. The fourth-order valence-corrected chi connectivity index (χ4v) is 2.64. The molecule has 2 N–H and O–H groups in total. The number of hydrogen-bond acceptors (Lipinski definition) is 2. The van der Waals surface area contributed by atoms with Gasteiger partial charge < -0.3 is 10.4 Å². The summed E-state index contributed by atoms with van der Waals surface area (Å²) in [5.41, 5.74) is 0.725. The Bertz CT molecular complexity index is 413. The van der Waals surface area contributed by atoms with Crippen LogP contribution in [0.25, 0.3) is 0 Å². The van der Waals surface area contributed by atoms with Crippen molar-refractivity contribution in [2.24, 2.45) is 0 Å². The number of nitrogens with one attached hydrogen (secondary N) is 1. The van der Waals surface area contributed by atoms with Gasteiger partial charge in [-0.2, -0.15) is 0 Å².